The van der Waals surface area contributed by atoms with Crippen LogP contribution < -0.4 is 140 Å². The van der Waals surface area contributed by atoms with E-state index in [1.807, 2.05) is 0 Å². The van der Waals surface area contributed by atoms with Crippen LogP contribution >= 0.6 is 0 Å². The standard InChI is InChI=1S/K.3Na.5O.W/q4*+1;5*-2;. The largest absolute Gasteiger partial charge is 2.00 e. The first-order chi connectivity index (χ1) is 0. The van der Waals surface area contributed by atoms with E-state index in [0.717, 1.165) is 0 Å². The van der Waals surface area contributed by atoms with Crippen LogP contribution in [0.2, 0.25) is 0 Å². The molecule has 10 heavy (non-hydrogen) atoms. The normalized spacial score (nSPS) is 0. The summed E-state index contributed by atoms with van der Waals surface area (Å²) in [5.74, 6) is 0. The Kier molecular flexibility index (Phi) is 1060. The molecule has 0 aromatic rings. The van der Waals surface area contributed by atoms with E-state index in [4.69, 9.17) is 0 Å². The minimum absolute atomic E-state index is 0. The van der Waals surface area contributed by atoms with Gasteiger partial charge >= 0.3 is 140 Å². The van der Waals surface area contributed by atoms with Crippen LogP contribution in [0.5, 0.6) is 0 Å². The Morgan fingerprint density at radius 2 is 0.400 bits per heavy atom. The van der Waals surface area contributed by atoms with Crippen molar-refractivity contribution in [2.24, 2.45) is 0 Å². The summed E-state index contributed by atoms with van der Waals surface area (Å²) in [7, 11) is 0. The second-order valence-electron chi connectivity index (χ2n) is 0. The molecule has 0 aromatic heterocycles. The van der Waals surface area contributed by atoms with Gasteiger partial charge in [-0.2, -0.15) is 0 Å². The molecule has 0 rings (SSSR count). The molecule has 0 amide bonds. The Bertz CT molecular complexity index is 16.9. The van der Waals surface area contributed by atoms with Gasteiger partial charge in [0.25, 0.3) is 0 Å². The zero-order chi connectivity index (χ0) is 0. The summed E-state index contributed by atoms with van der Waals surface area (Å²) in [5.41, 5.74) is 0. The third kappa shape index (κ3) is 73.5. The molecule has 10 heteroatoms. The average molecular weight is 372 g/mol. The SMILES string of the molecule is [K+].[Na+].[Na+].[Na+].[O-2].[O-2].[O-2].[O-2].[O-2].[W]. The molecular weight excluding hydrogens is 372 g/mol. The molecule has 0 aliphatic rings. The topological polar surface area (TPSA) is 142 Å². The maximum atomic E-state index is 0. The molecule has 0 saturated heterocycles. The summed E-state index contributed by atoms with van der Waals surface area (Å²) in [6.07, 6.45) is 0. The van der Waals surface area contributed by atoms with Gasteiger partial charge in [-0.1, -0.05) is 0 Å². The first-order valence-electron chi connectivity index (χ1n) is 0. The van der Waals surface area contributed by atoms with Gasteiger partial charge in [0, 0.05) is 21.1 Å². The zero-order valence-electron chi connectivity index (χ0n) is 6.45. The Morgan fingerprint density at radius 1 is 0.400 bits per heavy atom. The van der Waals surface area contributed by atoms with Crippen molar-refractivity contribution in [3.8, 4) is 0 Å². The van der Waals surface area contributed by atoms with Crippen molar-refractivity contribution in [2.75, 3.05) is 0 Å². The fourth-order valence-electron chi connectivity index (χ4n) is 0. The minimum Gasteiger partial charge on any atom is -2.00 e. The minimum atomic E-state index is 0. The van der Waals surface area contributed by atoms with Crippen molar-refractivity contribution in [3.63, 3.8) is 0 Å². The van der Waals surface area contributed by atoms with E-state index in [9.17, 15) is 0 Å². The van der Waals surface area contributed by atoms with Crippen molar-refractivity contribution in [1.29, 1.82) is 0 Å². The Balaban J connectivity index is 0. The van der Waals surface area contributed by atoms with Gasteiger partial charge in [-0.15, -0.1) is 0 Å². The summed E-state index contributed by atoms with van der Waals surface area (Å²) in [4.78, 5) is 0. The zero-order valence-corrected chi connectivity index (χ0v) is 18.5. The molecule has 0 bridgehead atoms. The number of hydrogen-bond acceptors (Lipinski definition) is 0. The Hall–Kier alpha value is 5.12. The van der Waals surface area contributed by atoms with Crippen molar-refractivity contribution in [1.82, 2.24) is 0 Å². The molecule has 0 heterocycles. The van der Waals surface area contributed by atoms with E-state index in [2.05, 4.69) is 0 Å². The van der Waals surface area contributed by atoms with Crippen molar-refractivity contribution >= 4 is 0 Å². The summed E-state index contributed by atoms with van der Waals surface area (Å²) in [6, 6.07) is 0. The van der Waals surface area contributed by atoms with Crippen LogP contribution in [-0.2, 0) is 48.4 Å². The Labute approximate surface area is 183 Å². The second-order valence-corrected chi connectivity index (χ2v) is 0. The number of rotatable bonds is 0. The first kappa shape index (κ1) is 115. The van der Waals surface area contributed by atoms with Crippen molar-refractivity contribution in [2.45, 2.75) is 0 Å². The molecular formula is KNa3O5W-6. The fraction of sp³-hybridized carbons (Fsp3) is 0. The molecule has 0 aliphatic heterocycles. The predicted molar refractivity (Wildman–Crippen MR) is 3.43 cm³/mol. The molecule has 0 N–H and O–H groups in total. The van der Waals surface area contributed by atoms with Gasteiger partial charge in [0.15, 0.2) is 0 Å². The van der Waals surface area contributed by atoms with Crippen LogP contribution in [0.25, 0.3) is 0 Å². The molecule has 0 aromatic carbocycles. The maximum Gasteiger partial charge on any atom is 1.00 e. The van der Waals surface area contributed by atoms with Gasteiger partial charge < -0.3 is 27.4 Å². The number of hydrogen-bond donors (Lipinski definition) is 0. The molecule has 0 spiro atoms. The molecule has 5 nitrogen and oxygen atoms in total. The molecule has 0 radical (unpaired) electrons. The average Bonchev–Trinajstić information content (AvgIpc) is 0. The van der Waals surface area contributed by atoms with Gasteiger partial charge in [0.05, 0.1) is 0 Å². The van der Waals surface area contributed by atoms with Crippen LogP contribution in [0.3, 0.4) is 0 Å². The van der Waals surface area contributed by atoms with Crippen molar-refractivity contribution < 1.29 is 189 Å². The van der Waals surface area contributed by atoms with Crippen molar-refractivity contribution in [3.05, 3.63) is 0 Å². The predicted octanol–water partition coefficient (Wildman–Crippen LogP) is -12.6. The van der Waals surface area contributed by atoms with Gasteiger partial charge in [-0.05, 0) is 0 Å². The van der Waals surface area contributed by atoms with Crippen LogP contribution in [0.15, 0.2) is 0 Å². The molecule has 0 saturated carbocycles. The first-order valence-corrected chi connectivity index (χ1v) is 0. The van der Waals surface area contributed by atoms with Gasteiger partial charge in [0.2, 0.25) is 0 Å². The van der Waals surface area contributed by atoms with Crippen LogP contribution in [0.1, 0.15) is 0 Å². The third-order valence-corrected chi connectivity index (χ3v) is 0. The van der Waals surface area contributed by atoms with Gasteiger partial charge in [-0.25, -0.2) is 0 Å². The maximum absolute atomic E-state index is 0. The molecule has 46 valence electrons. The van der Waals surface area contributed by atoms with E-state index in [-0.39, 0.29) is 189 Å². The van der Waals surface area contributed by atoms with Gasteiger partial charge in [0.1, 0.15) is 0 Å². The smallest absolute Gasteiger partial charge is 1.00 e. The second kappa shape index (κ2) is 92.6. The van der Waals surface area contributed by atoms with Crippen LogP contribution in [0.4, 0.5) is 0 Å². The molecule has 0 atom stereocenters. The molecule has 0 fully saturated rings. The third-order valence-electron chi connectivity index (χ3n) is 0. The van der Waals surface area contributed by atoms with E-state index in [0.29, 0.717) is 0 Å². The monoisotopic (exact) mass is 372 g/mol. The van der Waals surface area contributed by atoms with Crippen LogP contribution in [-0.4, -0.2) is 0 Å². The van der Waals surface area contributed by atoms with E-state index in [1.165, 1.54) is 0 Å². The summed E-state index contributed by atoms with van der Waals surface area (Å²) in [5, 5.41) is 0. The quantitative estimate of drug-likeness (QED) is 0.373. The van der Waals surface area contributed by atoms with Crippen LogP contribution in [0, 0.1) is 0 Å². The van der Waals surface area contributed by atoms with E-state index in [1.54, 1.807) is 0 Å². The Morgan fingerprint density at radius 3 is 0.400 bits per heavy atom. The fourth-order valence-corrected chi connectivity index (χ4v) is 0. The molecule has 0 unspecified atom stereocenters. The summed E-state index contributed by atoms with van der Waals surface area (Å²) in [6.45, 7) is 0. The van der Waals surface area contributed by atoms with Gasteiger partial charge in [-0.3, -0.25) is 0 Å². The summed E-state index contributed by atoms with van der Waals surface area (Å²) < 4.78 is 0. The summed E-state index contributed by atoms with van der Waals surface area (Å²) >= 11 is 0. The molecule has 0 aliphatic carbocycles. The van der Waals surface area contributed by atoms with E-state index < -0.39 is 0 Å². The van der Waals surface area contributed by atoms with E-state index >= 15 is 0 Å².